The third-order valence-electron chi connectivity index (χ3n) is 2.79. The third kappa shape index (κ3) is 3.10. The highest BCUT2D eigenvalue weighted by molar-refractivity contribution is 5.77. The smallest absolute Gasteiger partial charge is 0.323 e. The first-order chi connectivity index (χ1) is 7.74. The van der Waals surface area contributed by atoms with Gasteiger partial charge in [0.2, 0.25) is 0 Å². The van der Waals surface area contributed by atoms with Crippen LogP contribution in [-0.4, -0.2) is 26.8 Å². The Morgan fingerprint density at radius 3 is 2.47 bits per heavy atom. The number of carbonyl (C=O) groups is 1. The summed E-state index contributed by atoms with van der Waals surface area (Å²) in [4.78, 5) is 10.9. The fourth-order valence-corrected chi connectivity index (χ4v) is 1.69. The Morgan fingerprint density at radius 2 is 2.00 bits per heavy atom. The number of benzene rings is 1. The molecule has 0 heterocycles. The highest BCUT2D eigenvalue weighted by Crippen LogP contribution is 2.31. The van der Waals surface area contributed by atoms with Crippen LogP contribution in [0.15, 0.2) is 18.2 Å². The summed E-state index contributed by atoms with van der Waals surface area (Å²) in [7, 11) is 0. The van der Waals surface area contributed by atoms with Gasteiger partial charge in [0.15, 0.2) is 11.5 Å². The zero-order chi connectivity index (χ0) is 13.2. The highest BCUT2D eigenvalue weighted by atomic mass is 16.4. The minimum Gasteiger partial charge on any atom is -0.504 e. The number of aliphatic carboxylic acids is 1. The van der Waals surface area contributed by atoms with Crippen molar-refractivity contribution in [2.24, 2.45) is 5.73 Å². The molecule has 0 aliphatic rings. The van der Waals surface area contributed by atoms with Crippen LogP contribution in [0.2, 0.25) is 0 Å². The lowest BCUT2D eigenvalue weighted by Gasteiger charge is -2.23. The lowest BCUT2D eigenvalue weighted by atomic mass is 9.86. The molecule has 1 aromatic rings. The Bertz CT molecular complexity index is 429. The van der Waals surface area contributed by atoms with Crippen LogP contribution in [0.25, 0.3) is 0 Å². The first-order valence-electron chi connectivity index (χ1n) is 5.28. The number of rotatable bonds is 4. The van der Waals surface area contributed by atoms with E-state index in [2.05, 4.69) is 0 Å². The van der Waals surface area contributed by atoms with Gasteiger partial charge in [-0.15, -0.1) is 0 Å². The molecule has 0 fully saturated rings. The van der Waals surface area contributed by atoms with E-state index < -0.39 is 11.5 Å². The van der Waals surface area contributed by atoms with Crippen molar-refractivity contribution < 1.29 is 20.1 Å². The van der Waals surface area contributed by atoms with Crippen molar-refractivity contribution >= 4 is 5.97 Å². The highest BCUT2D eigenvalue weighted by Gasteiger charge is 2.30. The van der Waals surface area contributed by atoms with Gasteiger partial charge in [-0.05, 0) is 37.0 Å². The fourth-order valence-electron chi connectivity index (χ4n) is 1.69. The summed E-state index contributed by atoms with van der Waals surface area (Å²) in [5.41, 5.74) is 5.08. The van der Waals surface area contributed by atoms with Gasteiger partial charge in [-0.25, -0.2) is 0 Å². The normalized spacial score (nSPS) is 16.2. The predicted molar refractivity (Wildman–Crippen MR) is 63.0 cm³/mol. The molecule has 5 N–H and O–H groups in total. The Hall–Kier alpha value is -1.75. The van der Waals surface area contributed by atoms with Crippen LogP contribution in [0.3, 0.4) is 0 Å². The van der Waals surface area contributed by atoms with Gasteiger partial charge in [0.25, 0.3) is 0 Å². The van der Waals surface area contributed by atoms with Gasteiger partial charge in [0.1, 0.15) is 5.54 Å². The van der Waals surface area contributed by atoms with Crippen LogP contribution in [0.5, 0.6) is 11.5 Å². The van der Waals surface area contributed by atoms with Gasteiger partial charge in [-0.1, -0.05) is 13.0 Å². The summed E-state index contributed by atoms with van der Waals surface area (Å²) < 4.78 is 0. The summed E-state index contributed by atoms with van der Waals surface area (Å²) >= 11 is 0. The molecule has 5 heteroatoms. The molecule has 0 radical (unpaired) electrons. The van der Waals surface area contributed by atoms with E-state index in [-0.39, 0.29) is 23.8 Å². The molecule has 0 aliphatic heterocycles. The first kappa shape index (κ1) is 13.3. The zero-order valence-corrected chi connectivity index (χ0v) is 9.84. The number of hydrogen-bond donors (Lipinski definition) is 4. The second-order valence-electron chi connectivity index (χ2n) is 4.58. The van der Waals surface area contributed by atoms with Crippen LogP contribution in [0.1, 0.15) is 31.7 Å². The molecule has 0 saturated carbocycles. The topological polar surface area (TPSA) is 104 Å². The summed E-state index contributed by atoms with van der Waals surface area (Å²) in [6.45, 7) is 3.27. The number of carboxylic acids is 1. The number of carboxylic acid groups (broad SMARTS) is 1. The maximum absolute atomic E-state index is 10.9. The van der Waals surface area contributed by atoms with Gasteiger partial charge in [0, 0.05) is 0 Å². The molecule has 5 nitrogen and oxygen atoms in total. The van der Waals surface area contributed by atoms with E-state index in [1.807, 2.05) is 6.92 Å². The summed E-state index contributed by atoms with van der Waals surface area (Å²) in [6.07, 6.45) is 0.243. The van der Waals surface area contributed by atoms with E-state index in [0.29, 0.717) is 0 Å². The molecule has 0 aromatic heterocycles. The standard InChI is InChI=1S/C12H17NO4/c1-7(6-12(2,13)11(16)17)8-3-4-9(14)10(15)5-8/h3-5,7,14-15H,6,13H2,1-2H3,(H,16,17). The van der Waals surface area contributed by atoms with Gasteiger partial charge >= 0.3 is 5.97 Å². The van der Waals surface area contributed by atoms with Gasteiger partial charge in [-0.2, -0.15) is 0 Å². The summed E-state index contributed by atoms with van der Waals surface area (Å²) in [5.74, 6) is -1.61. The Balaban J connectivity index is 2.87. The van der Waals surface area contributed by atoms with Crippen molar-refractivity contribution in [3.63, 3.8) is 0 Å². The number of hydrogen-bond acceptors (Lipinski definition) is 4. The average molecular weight is 239 g/mol. The number of aromatic hydroxyl groups is 2. The number of nitrogens with two attached hydrogens (primary N) is 1. The van der Waals surface area contributed by atoms with Crippen molar-refractivity contribution in [2.75, 3.05) is 0 Å². The van der Waals surface area contributed by atoms with Crippen molar-refractivity contribution in [2.45, 2.75) is 31.7 Å². The summed E-state index contributed by atoms with van der Waals surface area (Å²) in [6, 6.07) is 4.42. The molecule has 94 valence electrons. The van der Waals surface area contributed by atoms with Crippen LogP contribution in [0, 0.1) is 0 Å². The lowest BCUT2D eigenvalue weighted by Crippen LogP contribution is -2.45. The van der Waals surface area contributed by atoms with Gasteiger partial charge in [0.05, 0.1) is 0 Å². The van der Waals surface area contributed by atoms with Crippen molar-refractivity contribution in [1.82, 2.24) is 0 Å². The molecule has 17 heavy (non-hydrogen) atoms. The van der Waals surface area contributed by atoms with E-state index in [1.54, 1.807) is 6.07 Å². The quantitative estimate of drug-likeness (QED) is 0.594. The molecule has 0 saturated heterocycles. The van der Waals surface area contributed by atoms with E-state index >= 15 is 0 Å². The Kier molecular flexibility index (Phi) is 3.63. The third-order valence-corrected chi connectivity index (χ3v) is 2.79. The minimum absolute atomic E-state index is 0.132. The first-order valence-corrected chi connectivity index (χ1v) is 5.28. The monoisotopic (exact) mass is 239 g/mol. The fraction of sp³-hybridized carbons (Fsp3) is 0.417. The zero-order valence-electron chi connectivity index (χ0n) is 9.84. The molecule has 0 spiro atoms. The maximum Gasteiger partial charge on any atom is 0.323 e. The van der Waals surface area contributed by atoms with Gasteiger partial charge in [-0.3, -0.25) is 4.79 Å². The van der Waals surface area contributed by atoms with E-state index in [9.17, 15) is 15.0 Å². The molecular weight excluding hydrogens is 222 g/mol. The van der Waals surface area contributed by atoms with Crippen molar-refractivity contribution in [3.05, 3.63) is 23.8 Å². The molecule has 0 aliphatic carbocycles. The SMILES string of the molecule is CC(CC(C)(N)C(=O)O)c1ccc(O)c(O)c1. The van der Waals surface area contributed by atoms with Crippen molar-refractivity contribution in [1.29, 1.82) is 0 Å². The lowest BCUT2D eigenvalue weighted by molar-refractivity contribution is -0.143. The average Bonchev–Trinajstić information content (AvgIpc) is 2.21. The molecular formula is C12H17NO4. The Labute approximate surface area is 99.5 Å². The van der Waals surface area contributed by atoms with E-state index in [0.717, 1.165) is 5.56 Å². The minimum atomic E-state index is -1.31. The van der Waals surface area contributed by atoms with E-state index in [4.69, 9.17) is 10.8 Å². The molecule has 0 bridgehead atoms. The molecule has 1 rings (SSSR count). The maximum atomic E-state index is 10.9. The van der Waals surface area contributed by atoms with E-state index in [1.165, 1.54) is 19.1 Å². The van der Waals surface area contributed by atoms with Gasteiger partial charge < -0.3 is 21.1 Å². The van der Waals surface area contributed by atoms with Crippen LogP contribution >= 0.6 is 0 Å². The second-order valence-corrected chi connectivity index (χ2v) is 4.58. The number of phenols is 2. The van der Waals surface area contributed by atoms with Crippen LogP contribution in [-0.2, 0) is 4.79 Å². The largest absolute Gasteiger partial charge is 0.504 e. The Morgan fingerprint density at radius 1 is 1.41 bits per heavy atom. The molecule has 2 atom stereocenters. The summed E-state index contributed by atoms with van der Waals surface area (Å²) in [5, 5.41) is 27.5. The second kappa shape index (κ2) is 4.63. The molecule has 1 aromatic carbocycles. The van der Waals surface area contributed by atoms with Crippen molar-refractivity contribution in [3.8, 4) is 11.5 Å². The predicted octanol–water partition coefficient (Wildman–Crippen LogP) is 1.39. The van der Waals surface area contributed by atoms with Crippen LogP contribution in [0.4, 0.5) is 0 Å². The molecule has 0 amide bonds. The number of phenolic OH excluding ortho intramolecular Hbond substituents is 2. The van der Waals surface area contributed by atoms with Crippen LogP contribution < -0.4 is 5.73 Å². The molecule has 2 unspecified atom stereocenters.